The Balaban J connectivity index is 1.22. The van der Waals surface area contributed by atoms with Crippen LogP contribution in [0, 0.1) is 12.8 Å². The third-order valence-corrected chi connectivity index (χ3v) is 5.69. The lowest BCUT2D eigenvalue weighted by atomic mass is 9.96. The molecule has 3 N–H and O–H groups in total. The van der Waals surface area contributed by atoms with Crippen molar-refractivity contribution in [3.8, 4) is 11.5 Å². The zero-order chi connectivity index (χ0) is 20.2. The van der Waals surface area contributed by atoms with Gasteiger partial charge >= 0.3 is 0 Å². The lowest BCUT2D eigenvalue weighted by molar-refractivity contribution is 0.0470. The standard InChI is InChI=1S/C22H28N4O3/c1-15-4-2-6-19-20(15)29-17(14-28-19)13-26-10-7-16(8-11-26)12-25-22(27)18-5-3-9-24-21(18)23/h2-6,9,16-17H,7-8,10-14H2,1H3,(H2,23,24)(H,25,27)/t17-/m0/s1. The van der Waals surface area contributed by atoms with Crippen molar-refractivity contribution in [3.05, 3.63) is 47.7 Å². The zero-order valence-electron chi connectivity index (χ0n) is 16.8. The number of hydrogen-bond donors (Lipinski definition) is 2. The third kappa shape index (κ3) is 4.62. The van der Waals surface area contributed by atoms with Crippen LogP contribution in [-0.4, -0.2) is 54.7 Å². The Morgan fingerprint density at radius 3 is 2.90 bits per heavy atom. The Morgan fingerprint density at radius 1 is 1.28 bits per heavy atom. The molecular weight excluding hydrogens is 368 g/mol. The highest BCUT2D eigenvalue weighted by Crippen LogP contribution is 2.34. The van der Waals surface area contributed by atoms with Gasteiger partial charge in [-0.2, -0.15) is 0 Å². The van der Waals surface area contributed by atoms with E-state index in [1.807, 2.05) is 25.1 Å². The van der Waals surface area contributed by atoms with Crippen molar-refractivity contribution in [3.63, 3.8) is 0 Å². The molecule has 2 aromatic rings. The predicted molar refractivity (Wildman–Crippen MR) is 111 cm³/mol. The summed E-state index contributed by atoms with van der Waals surface area (Å²) in [4.78, 5) is 18.7. The second kappa shape index (κ2) is 8.69. The van der Waals surface area contributed by atoms with Gasteiger partial charge in [-0.05, 0) is 62.5 Å². The Kier molecular flexibility index (Phi) is 5.85. The van der Waals surface area contributed by atoms with Gasteiger partial charge in [-0.25, -0.2) is 4.98 Å². The molecule has 4 rings (SSSR count). The average Bonchev–Trinajstić information content (AvgIpc) is 2.74. The van der Waals surface area contributed by atoms with Crippen LogP contribution >= 0.6 is 0 Å². The van der Waals surface area contributed by atoms with Gasteiger partial charge in [0.05, 0.1) is 5.56 Å². The number of anilines is 1. The number of fused-ring (bicyclic) bond motifs is 1. The summed E-state index contributed by atoms with van der Waals surface area (Å²) < 4.78 is 12.1. The van der Waals surface area contributed by atoms with Crippen LogP contribution in [0.25, 0.3) is 0 Å². The number of ether oxygens (including phenoxy) is 2. The molecule has 2 aliphatic heterocycles. The molecule has 0 aliphatic carbocycles. The maximum Gasteiger partial charge on any atom is 0.255 e. The first-order chi connectivity index (χ1) is 14.1. The summed E-state index contributed by atoms with van der Waals surface area (Å²) in [5.41, 5.74) is 7.32. The van der Waals surface area contributed by atoms with E-state index in [9.17, 15) is 4.79 Å². The lowest BCUT2D eigenvalue weighted by Crippen LogP contribution is -2.45. The van der Waals surface area contributed by atoms with E-state index in [0.29, 0.717) is 24.6 Å². The number of piperidine rings is 1. The number of pyridine rings is 1. The van der Waals surface area contributed by atoms with Gasteiger partial charge in [0.2, 0.25) is 0 Å². The number of rotatable bonds is 5. The van der Waals surface area contributed by atoms with Crippen LogP contribution in [-0.2, 0) is 0 Å². The predicted octanol–water partition coefficient (Wildman–Crippen LogP) is 2.25. The molecule has 29 heavy (non-hydrogen) atoms. The van der Waals surface area contributed by atoms with Crippen molar-refractivity contribution >= 4 is 11.7 Å². The van der Waals surface area contributed by atoms with Crippen molar-refractivity contribution < 1.29 is 14.3 Å². The number of amides is 1. The van der Waals surface area contributed by atoms with Crippen molar-refractivity contribution in [1.82, 2.24) is 15.2 Å². The zero-order valence-corrected chi connectivity index (χ0v) is 16.8. The molecule has 3 heterocycles. The van der Waals surface area contributed by atoms with E-state index >= 15 is 0 Å². The van der Waals surface area contributed by atoms with Gasteiger partial charge in [-0.3, -0.25) is 9.69 Å². The average molecular weight is 396 g/mol. The van der Waals surface area contributed by atoms with Crippen LogP contribution in [0.5, 0.6) is 11.5 Å². The molecule has 1 saturated heterocycles. The molecule has 0 bridgehead atoms. The molecule has 0 unspecified atom stereocenters. The molecule has 2 aliphatic rings. The summed E-state index contributed by atoms with van der Waals surface area (Å²) in [7, 11) is 0. The fourth-order valence-corrected chi connectivity index (χ4v) is 3.97. The molecule has 7 nitrogen and oxygen atoms in total. The number of hydrogen-bond acceptors (Lipinski definition) is 6. The van der Waals surface area contributed by atoms with Gasteiger partial charge in [0.15, 0.2) is 11.5 Å². The van der Waals surface area contributed by atoms with Crippen LogP contribution in [0.3, 0.4) is 0 Å². The van der Waals surface area contributed by atoms with E-state index in [1.165, 1.54) is 0 Å². The van der Waals surface area contributed by atoms with Gasteiger partial charge < -0.3 is 20.5 Å². The van der Waals surface area contributed by atoms with Gasteiger partial charge in [-0.1, -0.05) is 12.1 Å². The van der Waals surface area contributed by atoms with Crippen LogP contribution < -0.4 is 20.5 Å². The highest BCUT2D eigenvalue weighted by Gasteiger charge is 2.27. The van der Waals surface area contributed by atoms with Crippen LogP contribution in [0.2, 0.25) is 0 Å². The largest absolute Gasteiger partial charge is 0.486 e. The van der Waals surface area contributed by atoms with Gasteiger partial charge in [0.1, 0.15) is 18.5 Å². The number of nitrogen functional groups attached to an aromatic ring is 1. The van der Waals surface area contributed by atoms with Crippen molar-refractivity contribution in [2.24, 2.45) is 5.92 Å². The second-order valence-electron chi connectivity index (χ2n) is 7.84. The second-order valence-corrected chi connectivity index (χ2v) is 7.84. The van der Waals surface area contributed by atoms with Crippen molar-refractivity contribution in [2.75, 3.05) is 38.5 Å². The third-order valence-electron chi connectivity index (χ3n) is 5.69. The van der Waals surface area contributed by atoms with Crippen molar-refractivity contribution in [2.45, 2.75) is 25.9 Å². The van der Waals surface area contributed by atoms with Gasteiger partial charge in [0, 0.05) is 19.3 Å². The molecular formula is C22H28N4O3. The number of benzene rings is 1. The number of nitrogens with two attached hydrogens (primary N) is 1. The van der Waals surface area contributed by atoms with Crippen LogP contribution in [0.1, 0.15) is 28.8 Å². The maximum absolute atomic E-state index is 12.3. The summed E-state index contributed by atoms with van der Waals surface area (Å²) in [6.45, 7) is 6.14. The highest BCUT2D eigenvalue weighted by molar-refractivity contribution is 5.98. The first-order valence-corrected chi connectivity index (χ1v) is 10.2. The molecule has 154 valence electrons. The molecule has 0 radical (unpaired) electrons. The number of para-hydroxylation sites is 1. The fraction of sp³-hybridized carbons (Fsp3) is 0.455. The van der Waals surface area contributed by atoms with E-state index in [-0.39, 0.29) is 17.8 Å². The summed E-state index contributed by atoms with van der Waals surface area (Å²) in [5, 5.41) is 3.00. The van der Waals surface area contributed by atoms with E-state index in [0.717, 1.165) is 49.5 Å². The number of likely N-dealkylation sites (tertiary alicyclic amines) is 1. The van der Waals surface area contributed by atoms with Crippen LogP contribution in [0.4, 0.5) is 5.82 Å². The summed E-state index contributed by atoms with van der Waals surface area (Å²) in [5.74, 6) is 2.30. The molecule has 1 fully saturated rings. The van der Waals surface area contributed by atoms with E-state index < -0.39 is 0 Å². The lowest BCUT2D eigenvalue weighted by Gasteiger charge is -2.36. The van der Waals surface area contributed by atoms with E-state index in [2.05, 4.69) is 15.2 Å². The molecule has 0 spiro atoms. The molecule has 1 atom stereocenters. The minimum atomic E-state index is -0.153. The quantitative estimate of drug-likeness (QED) is 0.806. The maximum atomic E-state index is 12.3. The highest BCUT2D eigenvalue weighted by atomic mass is 16.6. The summed E-state index contributed by atoms with van der Waals surface area (Å²) in [6.07, 6.45) is 3.73. The topological polar surface area (TPSA) is 89.7 Å². The monoisotopic (exact) mass is 396 g/mol. The molecule has 7 heteroatoms. The normalized spacial score (nSPS) is 19.7. The fourth-order valence-electron chi connectivity index (χ4n) is 3.97. The van der Waals surface area contributed by atoms with Crippen LogP contribution in [0.15, 0.2) is 36.5 Å². The Morgan fingerprint density at radius 2 is 2.10 bits per heavy atom. The number of carbonyl (C=O) groups is 1. The van der Waals surface area contributed by atoms with E-state index in [4.69, 9.17) is 15.2 Å². The number of nitrogens with one attached hydrogen (secondary N) is 1. The number of nitrogens with zero attached hydrogens (tertiary/aromatic N) is 2. The SMILES string of the molecule is Cc1cccc2c1O[C@@H](CN1CCC(CNC(=O)c3cccnc3N)CC1)CO2. The minimum absolute atomic E-state index is 0.0495. The Bertz CT molecular complexity index is 865. The van der Waals surface area contributed by atoms with E-state index in [1.54, 1.807) is 18.3 Å². The Hall–Kier alpha value is -2.80. The number of carbonyl (C=O) groups excluding carboxylic acids is 1. The summed E-state index contributed by atoms with van der Waals surface area (Å²) >= 11 is 0. The molecule has 1 aromatic carbocycles. The number of aromatic nitrogens is 1. The summed E-state index contributed by atoms with van der Waals surface area (Å²) in [6, 6.07) is 9.41. The smallest absolute Gasteiger partial charge is 0.255 e. The number of aryl methyl sites for hydroxylation is 1. The Labute approximate surface area is 171 Å². The van der Waals surface area contributed by atoms with Gasteiger partial charge in [0.25, 0.3) is 5.91 Å². The van der Waals surface area contributed by atoms with Crippen molar-refractivity contribution in [1.29, 1.82) is 0 Å². The first kappa shape index (κ1) is 19.5. The molecule has 0 saturated carbocycles. The first-order valence-electron chi connectivity index (χ1n) is 10.2. The molecule has 1 aromatic heterocycles. The molecule has 1 amide bonds. The van der Waals surface area contributed by atoms with Gasteiger partial charge in [-0.15, -0.1) is 0 Å². The minimum Gasteiger partial charge on any atom is -0.486 e.